The van der Waals surface area contributed by atoms with Crippen LogP contribution in [0.5, 0.6) is 0 Å². The normalized spacial score (nSPS) is 11.4. The summed E-state index contributed by atoms with van der Waals surface area (Å²) < 4.78 is 0. The summed E-state index contributed by atoms with van der Waals surface area (Å²) in [6, 6.07) is 0.580. The third-order valence-corrected chi connectivity index (χ3v) is 1.73. The Morgan fingerprint density at radius 1 is 1.40 bits per heavy atom. The summed E-state index contributed by atoms with van der Waals surface area (Å²) in [5.74, 6) is 0. The Morgan fingerprint density at radius 2 is 2.00 bits per heavy atom. The topological polar surface area (TPSA) is 23.1 Å². The molecule has 10 heavy (non-hydrogen) atoms. The van der Waals surface area contributed by atoms with Crippen molar-refractivity contribution in [3.8, 4) is 0 Å². The van der Waals surface area contributed by atoms with Crippen LogP contribution in [0, 0.1) is 0 Å². The highest BCUT2D eigenvalue weighted by atomic mass is 16.3. The lowest BCUT2D eigenvalue weighted by molar-refractivity contribution is 0.155. The molecular weight excluding hydrogens is 126 g/mol. The van der Waals surface area contributed by atoms with Crippen molar-refractivity contribution in [2.75, 3.05) is 19.7 Å². The molecule has 0 spiro atoms. The molecule has 0 amide bonds. The Hall–Kier alpha value is -0.0800. The van der Waals surface area contributed by atoms with Crippen LogP contribution in [0.4, 0.5) is 0 Å². The lowest BCUT2D eigenvalue weighted by Crippen LogP contribution is -2.31. The van der Waals surface area contributed by atoms with Crippen molar-refractivity contribution in [1.29, 1.82) is 0 Å². The van der Waals surface area contributed by atoms with Gasteiger partial charge in [-0.15, -0.1) is 0 Å². The Morgan fingerprint density at radius 3 is 2.30 bits per heavy atom. The second-order valence-electron chi connectivity index (χ2n) is 2.78. The molecule has 0 aliphatic carbocycles. The minimum absolute atomic E-state index is 0.0588. The van der Waals surface area contributed by atoms with E-state index in [0.29, 0.717) is 6.04 Å². The largest absolute Gasteiger partial charge is 0.301 e. The van der Waals surface area contributed by atoms with Crippen LogP contribution in [-0.2, 0) is 5.11 Å². The van der Waals surface area contributed by atoms with Crippen molar-refractivity contribution in [3.63, 3.8) is 0 Å². The summed E-state index contributed by atoms with van der Waals surface area (Å²) >= 11 is 0. The molecule has 0 aliphatic heterocycles. The first-order chi connectivity index (χ1) is 4.72. The number of hydrogen-bond donors (Lipinski definition) is 0. The molecule has 0 rings (SSSR count). The zero-order valence-corrected chi connectivity index (χ0v) is 7.26. The van der Waals surface area contributed by atoms with Crippen LogP contribution in [0.2, 0.25) is 0 Å². The van der Waals surface area contributed by atoms with Crippen LogP contribution >= 0.6 is 0 Å². The molecule has 61 valence electrons. The summed E-state index contributed by atoms with van der Waals surface area (Å²) in [7, 11) is 0. The third kappa shape index (κ3) is 3.85. The van der Waals surface area contributed by atoms with Gasteiger partial charge in [0.1, 0.15) is 0 Å². The molecule has 0 aromatic heterocycles. The van der Waals surface area contributed by atoms with Gasteiger partial charge in [-0.25, -0.2) is 5.11 Å². The van der Waals surface area contributed by atoms with Gasteiger partial charge < -0.3 is 4.90 Å². The van der Waals surface area contributed by atoms with Crippen molar-refractivity contribution in [2.45, 2.75) is 33.2 Å². The average molecular weight is 144 g/mol. The van der Waals surface area contributed by atoms with Crippen LogP contribution in [0.1, 0.15) is 27.2 Å². The van der Waals surface area contributed by atoms with Crippen molar-refractivity contribution in [1.82, 2.24) is 4.90 Å². The zero-order chi connectivity index (χ0) is 7.98. The molecule has 1 radical (unpaired) electrons. The van der Waals surface area contributed by atoms with Crippen LogP contribution in [0.15, 0.2) is 0 Å². The van der Waals surface area contributed by atoms with Gasteiger partial charge in [0.05, 0.1) is 6.61 Å². The second-order valence-corrected chi connectivity index (χ2v) is 2.78. The van der Waals surface area contributed by atoms with E-state index in [1.807, 2.05) is 0 Å². The van der Waals surface area contributed by atoms with Crippen molar-refractivity contribution >= 4 is 0 Å². The predicted molar refractivity (Wildman–Crippen MR) is 42.6 cm³/mol. The molecule has 0 fully saturated rings. The summed E-state index contributed by atoms with van der Waals surface area (Å²) in [5.41, 5.74) is 0. The molecule has 0 N–H and O–H groups in total. The fraction of sp³-hybridized carbons (Fsp3) is 1.00. The summed E-state index contributed by atoms with van der Waals surface area (Å²) in [6.07, 6.45) is 0.784. The first kappa shape index (κ1) is 9.92. The second kappa shape index (κ2) is 5.69. The Labute approximate surface area is 63.8 Å². The predicted octanol–water partition coefficient (Wildman–Crippen LogP) is 1.54. The highest BCUT2D eigenvalue weighted by Gasteiger charge is 2.04. The maximum atomic E-state index is 10.1. The standard InChI is InChI=1S/C8H18NO/c1-4-9(8(2)3)6-5-7-10/h8H,4-7H2,1-3H3. The van der Waals surface area contributed by atoms with Gasteiger partial charge in [0, 0.05) is 12.6 Å². The first-order valence-corrected chi connectivity index (χ1v) is 4.04. The Kier molecular flexibility index (Phi) is 5.64. The van der Waals surface area contributed by atoms with E-state index in [0.717, 1.165) is 19.5 Å². The molecule has 0 aromatic rings. The molecule has 2 nitrogen and oxygen atoms in total. The Balaban J connectivity index is 3.40. The molecule has 0 atom stereocenters. The summed E-state index contributed by atoms with van der Waals surface area (Å²) in [6.45, 7) is 8.52. The number of rotatable bonds is 5. The van der Waals surface area contributed by atoms with E-state index >= 15 is 0 Å². The fourth-order valence-corrected chi connectivity index (χ4v) is 1.05. The molecule has 0 bridgehead atoms. The van der Waals surface area contributed by atoms with Gasteiger partial charge in [-0.3, -0.25) is 0 Å². The van der Waals surface area contributed by atoms with Crippen molar-refractivity contribution in [3.05, 3.63) is 0 Å². The molecule has 0 unspecified atom stereocenters. The average Bonchev–Trinajstić information content (AvgIpc) is 1.89. The Bertz CT molecular complexity index is 73.7. The molecule has 0 aromatic carbocycles. The lowest BCUT2D eigenvalue weighted by atomic mass is 10.3. The highest BCUT2D eigenvalue weighted by molar-refractivity contribution is 4.59. The highest BCUT2D eigenvalue weighted by Crippen LogP contribution is 1.97. The maximum Gasteiger partial charge on any atom is 0.0834 e. The lowest BCUT2D eigenvalue weighted by Gasteiger charge is -2.23. The summed E-state index contributed by atoms with van der Waals surface area (Å²) in [4.78, 5) is 2.30. The molecule has 0 aliphatic rings. The first-order valence-electron chi connectivity index (χ1n) is 4.04. The van der Waals surface area contributed by atoms with Gasteiger partial charge in [-0.2, -0.15) is 0 Å². The molecular formula is C8H18NO. The molecule has 0 saturated carbocycles. The van der Waals surface area contributed by atoms with E-state index in [1.165, 1.54) is 0 Å². The van der Waals surface area contributed by atoms with Crippen molar-refractivity contribution in [2.24, 2.45) is 0 Å². The van der Waals surface area contributed by atoms with Crippen LogP contribution in [0.3, 0.4) is 0 Å². The summed E-state index contributed by atoms with van der Waals surface area (Å²) in [5, 5.41) is 10.1. The SMILES string of the molecule is CCN(CCC[O])C(C)C. The minimum atomic E-state index is 0.0588. The third-order valence-electron chi connectivity index (χ3n) is 1.73. The monoisotopic (exact) mass is 144 g/mol. The fourth-order valence-electron chi connectivity index (χ4n) is 1.05. The van der Waals surface area contributed by atoms with Gasteiger partial charge in [0.2, 0.25) is 0 Å². The molecule has 2 heteroatoms. The van der Waals surface area contributed by atoms with Gasteiger partial charge >= 0.3 is 0 Å². The van der Waals surface area contributed by atoms with E-state index in [2.05, 4.69) is 25.7 Å². The van der Waals surface area contributed by atoms with E-state index in [-0.39, 0.29) is 6.61 Å². The molecule has 0 heterocycles. The van der Waals surface area contributed by atoms with Crippen LogP contribution in [0.25, 0.3) is 0 Å². The molecule has 0 saturated heterocycles. The van der Waals surface area contributed by atoms with E-state index < -0.39 is 0 Å². The van der Waals surface area contributed by atoms with E-state index in [9.17, 15) is 5.11 Å². The van der Waals surface area contributed by atoms with E-state index in [1.54, 1.807) is 0 Å². The van der Waals surface area contributed by atoms with Gasteiger partial charge in [0.25, 0.3) is 0 Å². The van der Waals surface area contributed by atoms with E-state index in [4.69, 9.17) is 0 Å². The van der Waals surface area contributed by atoms with Crippen LogP contribution in [-0.4, -0.2) is 30.6 Å². The quantitative estimate of drug-likeness (QED) is 0.574. The van der Waals surface area contributed by atoms with Gasteiger partial charge in [-0.1, -0.05) is 6.92 Å². The smallest absolute Gasteiger partial charge is 0.0834 e. The number of nitrogens with zero attached hydrogens (tertiary/aromatic N) is 1. The van der Waals surface area contributed by atoms with Gasteiger partial charge in [0.15, 0.2) is 0 Å². The van der Waals surface area contributed by atoms with Crippen molar-refractivity contribution < 1.29 is 5.11 Å². The van der Waals surface area contributed by atoms with Crippen LogP contribution < -0.4 is 0 Å². The zero-order valence-electron chi connectivity index (χ0n) is 7.26. The number of hydrogen-bond acceptors (Lipinski definition) is 1. The minimum Gasteiger partial charge on any atom is -0.301 e. The maximum absolute atomic E-state index is 10.1. The van der Waals surface area contributed by atoms with Gasteiger partial charge in [-0.05, 0) is 26.8 Å².